The highest BCUT2D eigenvalue weighted by Gasteiger charge is 2.28. The largest absolute Gasteiger partial charge is 0.493 e. The highest BCUT2D eigenvalue weighted by molar-refractivity contribution is 6.20. The van der Waals surface area contributed by atoms with Crippen molar-refractivity contribution in [2.75, 3.05) is 19.8 Å². The minimum Gasteiger partial charge on any atom is -0.493 e. The van der Waals surface area contributed by atoms with Gasteiger partial charge in [0.1, 0.15) is 11.5 Å². The molecule has 1 aromatic heterocycles. The number of amides is 1. The molecular formula is C46H51N3O4. The van der Waals surface area contributed by atoms with E-state index in [9.17, 15) is 9.59 Å². The van der Waals surface area contributed by atoms with Gasteiger partial charge < -0.3 is 25.5 Å². The van der Waals surface area contributed by atoms with Crippen molar-refractivity contribution in [3.63, 3.8) is 0 Å². The number of unbranched alkanes of at least 4 members (excludes halogenated alkanes) is 2. The van der Waals surface area contributed by atoms with E-state index in [-0.39, 0.29) is 17.3 Å². The molecule has 0 unspecified atom stereocenters. The molecule has 4 N–H and O–H groups in total. The lowest BCUT2D eigenvalue weighted by Gasteiger charge is -2.14. The maximum absolute atomic E-state index is 13.5. The molecule has 0 bridgehead atoms. The van der Waals surface area contributed by atoms with Gasteiger partial charge >= 0.3 is 0 Å². The molecule has 1 fully saturated rings. The van der Waals surface area contributed by atoms with E-state index in [0.29, 0.717) is 43.9 Å². The number of nitrogens with one attached hydrogen (secondary N) is 2. The number of hydrogen-bond donors (Lipinski definition) is 3. The van der Waals surface area contributed by atoms with Crippen molar-refractivity contribution >= 4 is 55.9 Å². The van der Waals surface area contributed by atoms with E-state index in [4.69, 9.17) is 15.2 Å². The summed E-state index contributed by atoms with van der Waals surface area (Å²) < 4.78 is 12.3. The van der Waals surface area contributed by atoms with Crippen LogP contribution in [0.25, 0.3) is 44.2 Å². The van der Waals surface area contributed by atoms with Crippen molar-refractivity contribution in [2.45, 2.75) is 73.1 Å². The van der Waals surface area contributed by atoms with Crippen LogP contribution in [0.4, 0.5) is 0 Å². The fourth-order valence-corrected chi connectivity index (χ4v) is 7.30. The number of aromatic amines is 1. The Morgan fingerprint density at radius 2 is 1.42 bits per heavy atom. The SMILES string of the molecule is CCCCOc1ccc(C)c2c(\C(N)=C/C=C3\CCC(=C/C=c4/[nH]c5ccc(OCCCC)c6cccc4c56)\C3=C(\C(C)=O)C(=O)NCC)cccc12. The molecule has 4 aromatic carbocycles. The summed E-state index contributed by atoms with van der Waals surface area (Å²) in [5.74, 6) is 1.09. The second-order valence-electron chi connectivity index (χ2n) is 13.7. The standard InChI is InChI=1S/C46H51N3O4/c1-6-9-27-52-40-25-17-29(4)42-33(13-11-15-35(40)42)37(47)22-20-31-18-19-32(44(31)43(30(5)50)46(51)48-8-3)21-23-38-34-14-12-16-36-41(53-28-10-7-2)26-24-39(49-38)45(34)36/h11-17,20-26,49H,6-10,18-19,27-28,47H2,1-5H3,(H,48,51)/b31-20+,32-21+,37-22+,38-23+,44-43-. The van der Waals surface area contributed by atoms with Gasteiger partial charge in [0.05, 0.1) is 18.8 Å². The van der Waals surface area contributed by atoms with Gasteiger partial charge in [0.25, 0.3) is 5.91 Å². The summed E-state index contributed by atoms with van der Waals surface area (Å²) in [6.07, 6.45) is 13.5. The Morgan fingerprint density at radius 3 is 2.08 bits per heavy atom. The topological polar surface area (TPSA) is 106 Å². The van der Waals surface area contributed by atoms with E-state index in [0.717, 1.165) is 97.3 Å². The first-order chi connectivity index (χ1) is 25.8. The van der Waals surface area contributed by atoms with E-state index in [1.54, 1.807) is 0 Å². The first kappa shape index (κ1) is 37.2. The van der Waals surface area contributed by atoms with Gasteiger partial charge in [-0.3, -0.25) is 9.59 Å². The molecule has 6 rings (SSSR count). The smallest absolute Gasteiger partial charge is 0.255 e. The highest BCUT2D eigenvalue weighted by Crippen LogP contribution is 2.39. The summed E-state index contributed by atoms with van der Waals surface area (Å²) in [7, 11) is 0. The molecule has 7 nitrogen and oxygen atoms in total. The number of aromatic nitrogens is 1. The summed E-state index contributed by atoms with van der Waals surface area (Å²) in [6, 6.07) is 20.6. The zero-order valence-corrected chi connectivity index (χ0v) is 31.7. The normalized spacial score (nSPS) is 16.4. The van der Waals surface area contributed by atoms with Gasteiger partial charge in [-0.15, -0.1) is 0 Å². The molecule has 0 aliphatic heterocycles. The Morgan fingerprint density at radius 1 is 0.792 bits per heavy atom. The fraction of sp³-hybridized carbons (Fsp3) is 0.304. The number of Topliss-reactive ketones (excluding diaryl/α,β-unsaturated/α-hetero) is 1. The highest BCUT2D eigenvalue weighted by atomic mass is 16.5. The van der Waals surface area contributed by atoms with Crippen LogP contribution in [-0.4, -0.2) is 36.4 Å². The number of carbonyl (C=O) groups is 2. The lowest BCUT2D eigenvalue weighted by atomic mass is 9.94. The summed E-state index contributed by atoms with van der Waals surface area (Å²) in [5, 5.41) is 9.19. The third-order valence-electron chi connectivity index (χ3n) is 9.98. The van der Waals surface area contributed by atoms with Gasteiger partial charge in [-0.05, 0) is 104 Å². The minimum absolute atomic E-state index is 0.167. The predicted octanol–water partition coefficient (Wildman–Crippen LogP) is 9.31. The number of ether oxygens (including phenoxy) is 2. The van der Waals surface area contributed by atoms with Crippen molar-refractivity contribution < 1.29 is 19.1 Å². The molecule has 5 aromatic rings. The van der Waals surface area contributed by atoms with Crippen LogP contribution in [0.5, 0.6) is 11.5 Å². The molecule has 1 saturated carbocycles. The lowest BCUT2D eigenvalue weighted by molar-refractivity contribution is -0.121. The van der Waals surface area contributed by atoms with Crippen LogP contribution in [0.2, 0.25) is 0 Å². The molecule has 1 heterocycles. The quantitative estimate of drug-likeness (QED) is 0.0461. The van der Waals surface area contributed by atoms with E-state index in [1.165, 1.54) is 6.92 Å². The van der Waals surface area contributed by atoms with Gasteiger partial charge in [0, 0.05) is 50.2 Å². The lowest BCUT2D eigenvalue weighted by Crippen LogP contribution is -2.28. The Labute approximate surface area is 312 Å². The van der Waals surface area contributed by atoms with Crippen LogP contribution in [0.3, 0.4) is 0 Å². The molecule has 0 saturated heterocycles. The van der Waals surface area contributed by atoms with Gasteiger partial charge in [-0.2, -0.15) is 0 Å². The van der Waals surface area contributed by atoms with Crippen molar-refractivity contribution in [3.05, 3.63) is 118 Å². The number of benzene rings is 4. The summed E-state index contributed by atoms with van der Waals surface area (Å²) in [5.41, 5.74) is 13.1. The molecule has 1 aliphatic rings. The second-order valence-corrected chi connectivity index (χ2v) is 13.7. The summed E-state index contributed by atoms with van der Waals surface area (Å²) >= 11 is 0. The molecule has 7 heteroatoms. The number of H-pyrrole nitrogens is 1. The maximum atomic E-state index is 13.5. The minimum atomic E-state index is -0.370. The fourth-order valence-electron chi connectivity index (χ4n) is 7.30. The zero-order valence-electron chi connectivity index (χ0n) is 31.7. The molecule has 0 atom stereocenters. The average Bonchev–Trinajstić information content (AvgIpc) is 3.72. The zero-order chi connectivity index (χ0) is 37.5. The Hall–Kier alpha value is -5.56. The molecule has 1 amide bonds. The van der Waals surface area contributed by atoms with Crippen LogP contribution in [0.15, 0.2) is 101 Å². The van der Waals surface area contributed by atoms with Gasteiger partial charge in [0.2, 0.25) is 0 Å². The van der Waals surface area contributed by atoms with Crippen molar-refractivity contribution in [2.24, 2.45) is 5.73 Å². The van der Waals surface area contributed by atoms with Crippen LogP contribution < -0.4 is 25.9 Å². The Kier molecular flexibility index (Phi) is 11.8. The van der Waals surface area contributed by atoms with Crippen LogP contribution >= 0.6 is 0 Å². The number of allylic oxidation sites excluding steroid dienone is 6. The van der Waals surface area contributed by atoms with Crippen molar-refractivity contribution in [1.29, 1.82) is 0 Å². The van der Waals surface area contributed by atoms with Crippen molar-refractivity contribution in [3.8, 4) is 11.5 Å². The van der Waals surface area contributed by atoms with E-state index in [1.807, 2.05) is 49.4 Å². The van der Waals surface area contributed by atoms with Gasteiger partial charge in [-0.1, -0.05) is 81.3 Å². The van der Waals surface area contributed by atoms with Gasteiger partial charge in [0.15, 0.2) is 5.78 Å². The monoisotopic (exact) mass is 709 g/mol. The number of nitrogens with two attached hydrogens (primary N) is 1. The summed E-state index contributed by atoms with van der Waals surface area (Å²) in [4.78, 5) is 30.3. The number of likely N-dealkylation sites (N-methyl/N-ethyl adjacent to an activating group) is 1. The number of hydrogen-bond acceptors (Lipinski definition) is 5. The first-order valence-electron chi connectivity index (χ1n) is 19.0. The van der Waals surface area contributed by atoms with E-state index >= 15 is 0 Å². The van der Waals surface area contributed by atoms with Gasteiger partial charge in [-0.25, -0.2) is 0 Å². The number of carbonyl (C=O) groups excluding carboxylic acids is 2. The second kappa shape index (κ2) is 16.8. The first-order valence-corrected chi connectivity index (χ1v) is 19.0. The molecule has 1 aliphatic carbocycles. The molecule has 53 heavy (non-hydrogen) atoms. The number of rotatable bonds is 14. The van der Waals surface area contributed by atoms with E-state index < -0.39 is 0 Å². The molecule has 0 spiro atoms. The number of aryl methyl sites for hydroxylation is 1. The average molecular weight is 710 g/mol. The molecule has 0 radical (unpaired) electrons. The Balaban J connectivity index is 1.43. The van der Waals surface area contributed by atoms with Crippen molar-refractivity contribution in [1.82, 2.24) is 10.3 Å². The summed E-state index contributed by atoms with van der Waals surface area (Å²) in [6.45, 7) is 11.5. The van der Waals surface area contributed by atoms with Crippen LogP contribution in [0.1, 0.15) is 77.3 Å². The third kappa shape index (κ3) is 7.80. The number of ketones is 1. The Bertz CT molecular complexity index is 2350. The number of fused-ring (bicyclic) bond motifs is 1. The molecule has 274 valence electrons. The van der Waals surface area contributed by atoms with E-state index in [2.05, 4.69) is 73.5 Å². The van der Waals surface area contributed by atoms with Crippen LogP contribution in [-0.2, 0) is 9.59 Å². The predicted molar refractivity (Wildman–Crippen MR) is 219 cm³/mol. The van der Waals surface area contributed by atoms with Crippen LogP contribution in [0, 0.1) is 6.92 Å². The third-order valence-corrected chi connectivity index (χ3v) is 9.98. The maximum Gasteiger partial charge on any atom is 0.255 e. The molecular weight excluding hydrogens is 659 g/mol.